The smallest absolute Gasteiger partial charge is 0.0635 e. The van der Waals surface area contributed by atoms with E-state index in [1.165, 1.54) is 16.7 Å². The van der Waals surface area contributed by atoms with Crippen LogP contribution in [-0.4, -0.2) is 18.2 Å². The highest BCUT2D eigenvalue weighted by atomic mass is 16.5. The van der Waals surface area contributed by atoms with Crippen LogP contribution in [0.1, 0.15) is 56.2 Å². The number of nitrogens with two attached hydrogens (primary N) is 1. The molecule has 2 nitrogen and oxygen atoms in total. The summed E-state index contributed by atoms with van der Waals surface area (Å²) in [5.41, 5.74) is 10.7. The minimum absolute atomic E-state index is 0.0767. The van der Waals surface area contributed by atoms with E-state index in [4.69, 9.17) is 10.5 Å². The predicted octanol–water partition coefficient (Wildman–Crippen LogP) is 5.17. The maximum absolute atomic E-state index is 6.52. The first-order valence-electron chi connectivity index (χ1n) is 9.89. The van der Waals surface area contributed by atoms with Crippen LogP contribution < -0.4 is 5.73 Å². The zero-order valence-corrected chi connectivity index (χ0v) is 16.5. The van der Waals surface area contributed by atoms with Crippen molar-refractivity contribution in [1.29, 1.82) is 0 Å². The van der Waals surface area contributed by atoms with Crippen LogP contribution in [0.2, 0.25) is 0 Å². The maximum Gasteiger partial charge on any atom is 0.0635 e. The highest BCUT2D eigenvalue weighted by molar-refractivity contribution is 5.30. The number of hydrogen-bond donors (Lipinski definition) is 1. The minimum Gasteiger partial charge on any atom is -0.376 e. The summed E-state index contributed by atoms with van der Waals surface area (Å²) in [6, 6.07) is 19.9. The molecular formula is C24H33NO. The standard InChI is InChI=1S/C24H33NO/c1-19-9-11-21(12-10-19)24(15-16-26-23(2,3)18-24)14-13-22(25)17-20-7-5-4-6-8-20/h4-12,22H,13-18,25H2,1-3H3. The monoisotopic (exact) mass is 351 g/mol. The van der Waals surface area contributed by atoms with Crippen molar-refractivity contribution >= 4 is 0 Å². The number of benzene rings is 2. The van der Waals surface area contributed by atoms with E-state index in [1.54, 1.807) is 0 Å². The van der Waals surface area contributed by atoms with Crippen LogP contribution in [0.4, 0.5) is 0 Å². The van der Waals surface area contributed by atoms with E-state index < -0.39 is 0 Å². The molecule has 1 aliphatic rings. The average Bonchev–Trinajstić information content (AvgIpc) is 2.61. The Balaban J connectivity index is 1.74. The van der Waals surface area contributed by atoms with E-state index in [1.807, 2.05) is 0 Å². The van der Waals surface area contributed by atoms with Gasteiger partial charge in [-0.1, -0.05) is 60.2 Å². The quantitative estimate of drug-likeness (QED) is 0.779. The van der Waals surface area contributed by atoms with Crippen LogP contribution in [0.15, 0.2) is 54.6 Å². The van der Waals surface area contributed by atoms with E-state index in [-0.39, 0.29) is 17.1 Å². The van der Waals surface area contributed by atoms with E-state index in [2.05, 4.69) is 75.4 Å². The first-order valence-corrected chi connectivity index (χ1v) is 9.89. The van der Waals surface area contributed by atoms with Crippen LogP contribution in [0.3, 0.4) is 0 Å². The molecule has 2 atom stereocenters. The van der Waals surface area contributed by atoms with Gasteiger partial charge in [0, 0.05) is 18.1 Å². The Morgan fingerprint density at radius 1 is 1.04 bits per heavy atom. The van der Waals surface area contributed by atoms with Gasteiger partial charge >= 0.3 is 0 Å². The van der Waals surface area contributed by atoms with Crippen LogP contribution in [0.25, 0.3) is 0 Å². The zero-order chi connectivity index (χ0) is 18.6. The van der Waals surface area contributed by atoms with Gasteiger partial charge in [-0.15, -0.1) is 0 Å². The number of ether oxygens (including phenoxy) is 1. The van der Waals surface area contributed by atoms with E-state index in [0.29, 0.717) is 0 Å². The van der Waals surface area contributed by atoms with Gasteiger partial charge in [0.2, 0.25) is 0 Å². The van der Waals surface area contributed by atoms with Crippen molar-refractivity contribution in [3.05, 3.63) is 71.3 Å². The summed E-state index contributed by atoms with van der Waals surface area (Å²) in [5.74, 6) is 0. The summed E-state index contributed by atoms with van der Waals surface area (Å²) in [5, 5.41) is 0. The molecule has 0 spiro atoms. The molecule has 2 unspecified atom stereocenters. The van der Waals surface area contributed by atoms with Crippen LogP contribution >= 0.6 is 0 Å². The van der Waals surface area contributed by atoms with Crippen LogP contribution in [0, 0.1) is 6.92 Å². The molecule has 2 heteroatoms. The molecule has 3 rings (SSSR count). The normalized spacial score (nSPS) is 23.5. The van der Waals surface area contributed by atoms with Crippen molar-refractivity contribution < 1.29 is 4.74 Å². The zero-order valence-electron chi connectivity index (χ0n) is 16.5. The predicted molar refractivity (Wildman–Crippen MR) is 109 cm³/mol. The summed E-state index contributed by atoms with van der Waals surface area (Å²) in [6.45, 7) is 7.42. The first kappa shape index (κ1) is 19.1. The van der Waals surface area contributed by atoms with E-state index in [9.17, 15) is 0 Å². The number of hydrogen-bond acceptors (Lipinski definition) is 2. The third kappa shape index (κ3) is 4.75. The summed E-state index contributed by atoms with van der Waals surface area (Å²) in [7, 11) is 0. The van der Waals surface area contributed by atoms with Gasteiger partial charge in [0.1, 0.15) is 0 Å². The molecule has 0 bridgehead atoms. The second-order valence-electron chi connectivity index (χ2n) is 8.67. The molecule has 1 heterocycles. The SMILES string of the molecule is Cc1ccc(C2(CCC(N)Cc3ccccc3)CCOC(C)(C)C2)cc1. The van der Waals surface area contributed by atoms with E-state index >= 15 is 0 Å². The largest absolute Gasteiger partial charge is 0.376 e. The summed E-state index contributed by atoms with van der Waals surface area (Å²) >= 11 is 0. The second kappa shape index (κ2) is 7.94. The lowest BCUT2D eigenvalue weighted by Crippen LogP contribution is -2.44. The molecule has 2 aromatic carbocycles. The molecule has 0 radical (unpaired) electrons. The molecule has 0 amide bonds. The van der Waals surface area contributed by atoms with Crippen LogP contribution in [0.5, 0.6) is 0 Å². The Hall–Kier alpha value is -1.64. The van der Waals surface area contributed by atoms with E-state index in [0.717, 1.165) is 38.7 Å². The fourth-order valence-electron chi connectivity index (χ4n) is 4.47. The van der Waals surface area contributed by atoms with Gasteiger partial charge in [0.25, 0.3) is 0 Å². The Kier molecular flexibility index (Phi) is 5.84. The third-order valence-corrected chi connectivity index (χ3v) is 5.84. The lowest BCUT2D eigenvalue weighted by molar-refractivity contribution is -0.0847. The Labute approximate surface area is 158 Å². The molecular weight excluding hydrogens is 318 g/mol. The molecule has 2 aromatic rings. The molecule has 0 saturated carbocycles. The van der Waals surface area contributed by atoms with Crippen molar-refractivity contribution in [2.24, 2.45) is 5.73 Å². The van der Waals surface area contributed by atoms with Gasteiger partial charge in [0.15, 0.2) is 0 Å². The highest BCUT2D eigenvalue weighted by Crippen LogP contribution is 2.45. The highest BCUT2D eigenvalue weighted by Gasteiger charge is 2.41. The molecule has 0 aliphatic carbocycles. The van der Waals surface area contributed by atoms with Gasteiger partial charge in [-0.2, -0.15) is 0 Å². The average molecular weight is 352 g/mol. The van der Waals surface area contributed by atoms with Gasteiger partial charge in [-0.05, 0) is 64.0 Å². The van der Waals surface area contributed by atoms with Crippen molar-refractivity contribution in [2.75, 3.05) is 6.61 Å². The van der Waals surface area contributed by atoms with Gasteiger partial charge in [-0.3, -0.25) is 0 Å². The summed E-state index contributed by atoms with van der Waals surface area (Å²) in [4.78, 5) is 0. The van der Waals surface area contributed by atoms with Gasteiger partial charge < -0.3 is 10.5 Å². The Morgan fingerprint density at radius 3 is 2.38 bits per heavy atom. The van der Waals surface area contributed by atoms with Crippen LogP contribution in [-0.2, 0) is 16.6 Å². The molecule has 1 fully saturated rings. The molecule has 0 aromatic heterocycles. The number of aryl methyl sites for hydroxylation is 1. The van der Waals surface area contributed by atoms with Crippen molar-refractivity contribution in [3.63, 3.8) is 0 Å². The molecule has 2 N–H and O–H groups in total. The fraction of sp³-hybridized carbons (Fsp3) is 0.500. The van der Waals surface area contributed by atoms with Crippen molar-refractivity contribution in [1.82, 2.24) is 0 Å². The van der Waals surface area contributed by atoms with Crippen molar-refractivity contribution in [2.45, 2.75) is 69.9 Å². The molecule has 1 saturated heterocycles. The summed E-state index contributed by atoms with van der Waals surface area (Å²) < 4.78 is 6.04. The molecule has 140 valence electrons. The fourth-order valence-corrected chi connectivity index (χ4v) is 4.47. The van der Waals surface area contributed by atoms with Gasteiger partial charge in [-0.25, -0.2) is 0 Å². The van der Waals surface area contributed by atoms with Gasteiger partial charge in [0.05, 0.1) is 5.60 Å². The third-order valence-electron chi connectivity index (χ3n) is 5.84. The lowest BCUT2D eigenvalue weighted by Gasteiger charge is -2.46. The second-order valence-corrected chi connectivity index (χ2v) is 8.67. The Morgan fingerprint density at radius 2 is 1.73 bits per heavy atom. The first-order chi connectivity index (χ1) is 12.4. The topological polar surface area (TPSA) is 35.2 Å². The number of rotatable bonds is 6. The summed E-state index contributed by atoms with van der Waals surface area (Å²) in [6.07, 6.45) is 5.25. The lowest BCUT2D eigenvalue weighted by atomic mass is 9.66. The molecule has 1 aliphatic heterocycles. The maximum atomic E-state index is 6.52. The van der Waals surface area contributed by atoms with Crippen molar-refractivity contribution in [3.8, 4) is 0 Å². The minimum atomic E-state index is -0.0767. The Bertz CT molecular complexity index is 692. The molecule has 26 heavy (non-hydrogen) atoms.